The third kappa shape index (κ3) is 6.71. The molecule has 3 aromatic carbocycles. The second-order valence-electron chi connectivity index (χ2n) is 9.99. The molecule has 2 heterocycles. The van der Waals surface area contributed by atoms with Gasteiger partial charge in [-0.1, -0.05) is 30.3 Å². The highest BCUT2D eigenvalue weighted by atomic mass is 19.1. The van der Waals surface area contributed by atoms with Crippen LogP contribution in [0.4, 0.5) is 21.8 Å². The summed E-state index contributed by atoms with van der Waals surface area (Å²) in [5.74, 6) is 2.26. The van der Waals surface area contributed by atoms with Crippen molar-refractivity contribution >= 4 is 23.4 Å². The van der Waals surface area contributed by atoms with E-state index in [4.69, 9.17) is 19.2 Å². The highest BCUT2D eigenvalue weighted by molar-refractivity contribution is 5.79. The lowest BCUT2D eigenvalue weighted by atomic mass is 9.97. The van der Waals surface area contributed by atoms with Crippen LogP contribution >= 0.6 is 0 Å². The van der Waals surface area contributed by atoms with E-state index in [2.05, 4.69) is 20.5 Å². The van der Waals surface area contributed by atoms with E-state index in [0.29, 0.717) is 42.0 Å². The molecule has 42 heavy (non-hydrogen) atoms. The first-order valence-corrected chi connectivity index (χ1v) is 13.7. The molecule has 1 amide bonds. The number of aromatic nitrogens is 2. The van der Waals surface area contributed by atoms with Crippen molar-refractivity contribution in [1.82, 2.24) is 15.3 Å². The van der Waals surface area contributed by atoms with Gasteiger partial charge in [0, 0.05) is 43.7 Å². The number of carbonyl (C=O) groups is 1. The van der Waals surface area contributed by atoms with Crippen molar-refractivity contribution in [2.75, 3.05) is 44.6 Å². The zero-order valence-electron chi connectivity index (χ0n) is 23.9. The van der Waals surface area contributed by atoms with Crippen molar-refractivity contribution in [3.05, 3.63) is 84.3 Å². The first kappa shape index (κ1) is 28.7. The molecule has 1 atom stereocenters. The van der Waals surface area contributed by atoms with Crippen molar-refractivity contribution < 1.29 is 23.4 Å². The Labute approximate surface area is 244 Å². The summed E-state index contributed by atoms with van der Waals surface area (Å²) in [5.41, 5.74) is 3.57. The van der Waals surface area contributed by atoms with Gasteiger partial charge in [0.15, 0.2) is 11.5 Å². The normalized spacial score (nSPS) is 14.7. The third-order valence-electron chi connectivity index (χ3n) is 7.25. The molecule has 218 valence electrons. The molecule has 4 aromatic rings. The molecule has 10 heteroatoms. The summed E-state index contributed by atoms with van der Waals surface area (Å²) in [6, 6.07) is 19.7. The van der Waals surface area contributed by atoms with Crippen LogP contribution in [0.5, 0.6) is 17.2 Å². The molecule has 0 aliphatic carbocycles. The Morgan fingerprint density at radius 1 is 0.976 bits per heavy atom. The standard InChI is InChI=1S/C32H34FN5O4/c1-40-27-17-26(18-28(41-2)30(27)42-3)36-32-34-14-13-29(37-32)38-15-5-8-24(20-38)31(39)35-19-21-6-4-7-23(16-21)22-9-11-25(33)12-10-22/h4,6-7,9-14,16-18,24H,5,8,15,19-20H2,1-3H3,(H,35,39)(H,34,36,37)/t24-/m0/s1. The predicted molar refractivity (Wildman–Crippen MR) is 160 cm³/mol. The molecule has 1 saturated heterocycles. The van der Waals surface area contributed by atoms with Gasteiger partial charge in [0.05, 0.1) is 27.2 Å². The predicted octanol–water partition coefficient (Wildman–Crippen LogP) is 5.58. The van der Waals surface area contributed by atoms with Crippen molar-refractivity contribution in [2.24, 2.45) is 5.92 Å². The van der Waals surface area contributed by atoms with Crippen LogP contribution in [-0.4, -0.2) is 50.3 Å². The fraction of sp³-hybridized carbons (Fsp3) is 0.281. The first-order valence-electron chi connectivity index (χ1n) is 13.7. The van der Waals surface area contributed by atoms with Crippen LogP contribution in [0.15, 0.2) is 72.9 Å². The number of nitrogens with zero attached hydrogens (tertiary/aromatic N) is 3. The summed E-state index contributed by atoms with van der Waals surface area (Å²) in [4.78, 5) is 24.4. The van der Waals surface area contributed by atoms with Gasteiger partial charge >= 0.3 is 0 Å². The smallest absolute Gasteiger partial charge is 0.229 e. The van der Waals surface area contributed by atoms with Gasteiger partial charge < -0.3 is 29.7 Å². The molecule has 0 bridgehead atoms. The minimum Gasteiger partial charge on any atom is -0.493 e. The van der Waals surface area contributed by atoms with Crippen LogP contribution in [0, 0.1) is 11.7 Å². The summed E-state index contributed by atoms with van der Waals surface area (Å²) in [7, 11) is 4.68. The van der Waals surface area contributed by atoms with Crippen LogP contribution in [-0.2, 0) is 11.3 Å². The van der Waals surface area contributed by atoms with Gasteiger partial charge in [0.25, 0.3) is 0 Å². The Balaban J connectivity index is 1.22. The average molecular weight is 572 g/mol. The number of carbonyl (C=O) groups excluding carboxylic acids is 1. The second-order valence-corrected chi connectivity index (χ2v) is 9.99. The highest BCUT2D eigenvalue weighted by Gasteiger charge is 2.27. The number of halogens is 1. The highest BCUT2D eigenvalue weighted by Crippen LogP contribution is 2.40. The van der Waals surface area contributed by atoms with Crippen LogP contribution in [0.1, 0.15) is 18.4 Å². The van der Waals surface area contributed by atoms with E-state index in [-0.39, 0.29) is 17.6 Å². The number of methoxy groups -OCH3 is 3. The van der Waals surface area contributed by atoms with E-state index in [1.54, 1.807) is 51.8 Å². The van der Waals surface area contributed by atoms with Gasteiger partial charge in [-0.15, -0.1) is 0 Å². The minimum absolute atomic E-state index is 0.0108. The van der Waals surface area contributed by atoms with Crippen molar-refractivity contribution in [3.63, 3.8) is 0 Å². The lowest BCUT2D eigenvalue weighted by molar-refractivity contribution is -0.125. The molecule has 0 spiro atoms. The fourth-order valence-corrected chi connectivity index (χ4v) is 5.10. The van der Waals surface area contributed by atoms with Crippen LogP contribution in [0.2, 0.25) is 0 Å². The quantitative estimate of drug-likeness (QED) is 0.255. The SMILES string of the molecule is COc1cc(Nc2nccc(N3CCC[C@H](C(=O)NCc4cccc(-c5ccc(F)cc5)c4)C3)n2)cc(OC)c1OC. The van der Waals surface area contributed by atoms with Gasteiger partial charge in [-0.3, -0.25) is 4.79 Å². The molecule has 1 aliphatic rings. The summed E-state index contributed by atoms with van der Waals surface area (Å²) < 4.78 is 29.6. The molecule has 0 unspecified atom stereocenters. The summed E-state index contributed by atoms with van der Waals surface area (Å²) in [6.07, 6.45) is 3.37. The van der Waals surface area contributed by atoms with Crippen molar-refractivity contribution in [2.45, 2.75) is 19.4 Å². The first-order chi connectivity index (χ1) is 20.5. The number of piperidine rings is 1. The van der Waals surface area contributed by atoms with E-state index < -0.39 is 0 Å². The average Bonchev–Trinajstić information content (AvgIpc) is 3.03. The van der Waals surface area contributed by atoms with Gasteiger partial charge in [0.1, 0.15) is 11.6 Å². The Kier molecular flexibility index (Phi) is 9.01. The maximum Gasteiger partial charge on any atom is 0.229 e. The number of hydrogen-bond donors (Lipinski definition) is 2. The van der Waals surface area contributed by atoms with Crippen molar-refractivity contribution in [3.8, 4) is 28.4 Å². The monoisotopic (exact) mass is 571 g/mol. The zero-order valence-corrected chi connectivity index (χ0v) is 23.9. The van der Waals surface area contributed by atoms with Gasteiger partial charge in [-0.2, -0.15) is 4.98 Å². The van der Waals surface area contributed by atoms with Gasteiger partial charge in [0.2, 0.25) is 17.6 Å². The Hall–Kier alpha value is -4.86. The number of anilines is 3. The summed E-state index contributed by atoms with van der Waals surface area (Å²) in [5, 5.41) is 6.31. The lowest BCUT2D eigenvalue weighted by Gasteiger charge is -2.33. The Morgan fingerprint density at radius 3 is 2.45 bits per heavy atom. The van der Waals surface area contributed by atoms with E-state index in [0.717, 1.165) is 41.9 Å². The summed E-state index contributed by atoms with van der Waals surface area (Å²) in [6.45, 7) is 1.77. The van der Waals surface area contributed by atoms with E-state index in [9.17, 15) is 9.18 Å². The summed E-state index contributed by atoms with van der Waals surface area (Å²) >= 11 is 0. The number of benzene rings is 3. The molecule has 1 aromatic heterocycles. The number of hydrogen-bond acceptors (Lipinski definition) is 8. The van der Waals surface area contributed by atoms with Crippen LogP contribution < -0.4 is 29.7 Å². The van der Waals surface area contributed by atoms with Crippen LogP contribution in [0.25, 0.3) is 11.1 Å². The molecule has 9 nitrogen and oxygen atoms in total. The van der Waals surface area contributed by atoms with Crippen molar-refractivity contribution in [1.29, 1.82) is 0 Å². The topological polar surface area (TPSA) is 97.8 Å². The fourth-order valence-electron chi connectivity index (χ4n) is 5.10. The Bertz CT molecular complexity index is 1510. The van der Waals surface area contributed by atoms with Gasteiger partial charge in [-0.05, 0) is 53.8 Å². The third-order valence-corrected chi connectivity index (χ3v) is 7.25. The molecule has 0 radical (unpaired) electrons. The maximum absolute atomic E-state index is 13.3. The maximum atomic E-state index is 13.3. The molecule has 1 aliphatic heterocycles. The molecule has 5 rings (SSSR count). The minimum atomic E-state index is -0.267. The molecular formula is C32H34FN5O4. The number of ether oxygens (including phenoxy) is 3. The van der Waals surface area contributed by atoms with Gasteiger partial charge in [-0.25, -0.2) is 9.37 Å². The van der Waals surface area contributed by atoms with E-state index in [1.165, 1.54) is 12.1 Å². The molecule has 1 fully saturated rings. The molecular weight excluding hydrogens is 537 g/mol. The largest absolute Gasteiger partial charge is 0.493 e. The van der Waals surface area contributed by atoms with E-state index >= 15 is 0 Å². The second kappa shape index (κ2) is 13.2. The number of nitrogens with one attached hydrogen (secondary N) is 2. The van der Waals surface area contributed by atoms with E-state index in [1.807, 2.05) is 30.3 Å². The zero-order chi connectivity index (χ0) is 29.5. The van der Waals surface area contributed by atoms with Crippen LogP contribution in [0.3, 0.4) is 0 Å². The lowest BCUT2D eigenvalue weighted by Crippen LogP contribution is -2.43. The number of rotatable bonds is 10. The Morgan fingerprint density at radius 2 is 1.74 bits per heavy atom. The molecule has 2 N–H and O–H groups in total. The molecule has 0 saturated carbocycles. The number of amides is 1.